The Morgan fingerprint density at radius 2 is 2.06 bits per heavy atom. The van der Waals surface area contributed by atoms with Crippen LogP contribution in [0.2, 0.25) is 0 Å². The zero-order chi connectivity index (χ0) is 13.6. The first-order chi connectivity index (χ1) is 8.49. The number of nitrogens with one attached hydrogen (secondary N) is 1. The van der Waals surface area contributed by atoms with Gasteiger partial charge in [0, 0.05) is 12.9 Å². The molecule has 0 saturated carbocycles. The topological polar surface area (TPSA) is 55.4 Å². The van der Waals surface area contributed by atoms with Gasteiger partial charge >= 0.3 is 0 Å². The second kappa shape index (κ2) is 6.87. The summed E-state index contributed by atoms with van der Waals surface area (Å²) in [7, 11) is -3.16. The van der Waals surface area contributed by atoms with Crippen LogP contribution in [0.5, 0.6) is 0 Å². The summed E-state index contributed by atoms with van der Waals surface area (Å²) < 4.78 is 28.5. The molecule has 1 aromatic carbocycles. The highest BCUT2D eigenvalue weighted by molar-refractivity contribution is 7.90. The van der Waals surface area contributed by atoms with Gasteiger partial charge in [-0.3, -0.25) is 0 Å². The van der Waals surface area contributed by atoms with Gasteiger partial charge in [-0.25, -0.2) is 8.42 Å². The maximum atomic E-state index is 11.5. The molecular weight excluding hydrogens is 250 g/mol. The van der Waals surface area contributed by atoms with Crippen LogP contribution < -0.4 is 5.32 Å². The Balaban J connectivity index is 2.97. The van der Waals surface area contributed by atoms with Crippen LogP contribution in [0.1, 0.15) is 25.5 Å². The van der Waals surface area contributed by atoms with Gasteiger partial charge in [-0.2, -0.15) is 0 Å². The zero-order valence-corrected chi connectivity index (χ0v) is 12.0. The molecule has 18 heavy (non-hydrogen) atoms. The fourth-order valence-corrected chi connectivity index (χ4v) is 2.39. The maximum Gasteiger partial charge on any atom is 0.175 e. The summed E-state index contributed by atoms with van der Waals surface area (Å²) >= 11 is 0. The summed E-state index contributed by atoms with van der Waals surface area (Å²) in [5.74, 6) is 0. The third-order valence-corrected chi connectivity index (χ3v) is 3.74. The molecule has 4 nitrogen and oxygen atoms in total. The SMILES string of the molecule is CCNC(COCC)c1cccc(S(C)(=O)=O)c1. The molecule has 0 aromatic heterocycles. The van der Waals surface area contributed by atoms with Gasteiger partial charge in [0.15, 0.2) is 9.84 Å². The Labute approximate surface area is 109 Å². The highest BCUT2D eigenvalue weighted by Gasteiger charge is 2.13. The van der Waals surface area contributed by atoms with Crippen LogP contribution in [0, 0.1) is 0 Å². The minimum absolute atomic E-state index is 0.0247. The molecule has 1 atom stereocenters. The standard InChI is InChI=1S/C13H21NO3S/c1-4-14-13(10-17-5-2)11-7-6-8-12(9-11)18(3,15)16/h6-9,13-14H,4-5,10H2,1-3H3. The third kappa shape index (κ3) is 4.40. The fourth-order valence-electron chi connectivity index (χ4n) is 1.72. The Bertz CT molecular complexity index is 471. The molecule has 0 spiro atoms. The summed E-state index contributed by atoms with van der Waals surface area (Å²) in [6.07, 6.45) is 1.22. The van der Waals surface area contributed by atoms with E-state index in [0.717, 1.165) is 12.1 Å². The first-order valence-electron chi connectivity index (χ1n) is 6.10. The predicted octanol–water partition coefficient (Wildman–Crippen LogP) is 1.78. The molecule has 1 rings (SSSR count). The van der Waals surface area contributed by atoms with Gasteiger partial charge in [-0.15, -0.1) is 0 Å². The number of hydrogen-bond donors (Lipinski definition) is 1. The van der Waals surface area contributed by atoms with E-state index in [4.69, 9.17) is 4.74 Å². The van der Waals surface area contributed by atoms with Gasteiger partial charge in [0.2, 0.25) is 0 Å². The molecule has 1 unspecified atom stereocenters. The summed E-state index contributed by atoms with van der Waals surface area (Å²) in [5, 5.41) is 3.29. The number of sulfone groups is 1. The Morgan fingerprint density at radius 3 is 2.61 bits per heavy atom. The fraction of sp³-hybridized carbons (Fsp3) is 0.538. The molecule has 0 radical (unpaired) electrons. The lowest BCUT2D eigenvalue weighted by atomic mass is 10.1. The number of rotatable bonds is 7. The molecule has 0 fully saturated rings. The molecule has 1 N–H and O–H groups in total. The lowest BCUT2D eigenvalue weighted by Gasteiger charge is -2.18. The van der Waals surface area contributed by atoms with Crippen LogP contribution in [0.15, 0.2) is 29.2 Å². The lowest BCUT2D eigenvalue weighted by molar-refractivity contribution is 0.123. The Morgan fingerprint density at radius 1 is 1.33 bits per heavy atom. The third-order valence-electron chi connectivity index (χ3n) is 2.63. The summed E-state index contributed by atoms with van der Waals surface area (Å²) in [6, 6.07) is 7.03. The van der Waals surface area contributed by atoms with Crippen molar-refractivity contribution in [1.82, 2.24) is 5.32 Å². The van der Waals surface area contributed by atoms with E-state index in [-0.39, 0.29) is 6.04 Å². The van der Waals surface area contributed by atoms with Crippen LogP contribution in [0.25, 0.3) is 0 Å². The maximum absolute atomic E-state index is 11.5. The molecule has 0 aliphatic heterocycles. The van der Waals surface area contributed by atoms with Gasteiger partial charge in [0.05, 0.1) is 17.5 Å². The summed E-state index contributed by atoms with van der Waals surface area (Å²) in [6.45, 7) is 5.95. The van der Waals surface area contributed by atoms with Crippen molar-refractivity contribution in [3.05, 3.63) is 29.8 Å². The summed E-state index contributed by atoms with van der Waals surface area (Å²) in [4.78, 5) is 0.347. The average molecular weight is 271 g/mol. The first kappa shape index (κ1) is 15.1. The van der Waals surface area contributed by atoms with E-state index < -0.39 is 9.84 Å². The average Bonchev–Trinajstić information content (AvgIpc) is 2.33. The van der Waals surface area contributed by atoms with Crippen molar-refractivity contribution in [3.8, 4) is 0 Å². The minimum atomic E-state index is -3.16. The number of likely N-dealkylation sites (N-methyl/N-ethyl adjacent to an activating group) is 1. The van der Waals surface area contributed by atoms with Crippen molar-refractivity contribution in [2.24, 2.45) is 0 Å². The second-order valence-corrected chi connectivity index (χ2v) is 6.13. The smallest absolute Gasteiger partial charge is 0.175 e. The van der Waals surface area contributed by atoms with Crippen LogP contribution in [-0.2, 0) is 14.6 Å². The van der Waals surface area contributed by atoms with Crippen molar-refractivity contribution in [3.63, 3.8) is 0 Å². The highest BCUT2D eigenvalue weighted by Crippen LogP contribution is 2.18. The van der Waals surface area contributed by atoms with Crippen LogP contribution >= 0.6 is 0 Å². The monoisotopic (exact) mass is 271 g/mol. The van der Waals surface area contributed by atoms with Gasteiger partial charge in [-0.1, -0.05) is 19.1 Å². The van der Waals surface area contributed by atoms with E-state index in [9.17, 15) is 8.42 Å². The molecule has 5 heteroatoms. The second-order valence-electron chi connectivity index (χ2n) is 4.11. The molecule has 0 heterocycles. The van der Waals surface area contributed by atoms with E-state index in [1.54, 1.807) is 18.2 Å². The minimum Gasteiger partial charge on any atom is -0.380 e. The van der Waals surface area contributed by atoms with Crippen molar-refractivity contribution in [1.29, 1.82) is 0 Å². The largest absolute Gasteiger partial charge is 0.380 e. The number of hydrogen-bond acceptors (Lipinski definition) is 4. The van der Waals surface area contributed by atoms with E-state index in [2.05, 4.69) is 5.32 Å². The Kier molecular flexibility index (Phi) is 5.78. The van der Waals surface area contributed by atoms with E-state index in [1.165, 1.54) is 6.26 Å². The van der Waals surface area contributed by atoms with Gasteiger partial charge < -0.3 is 10.1 Å². The van der Waals surface area contributed by atoms with Crippen molar-refractivity contribution >= 4 is 9.84 Å². The molecule has 0 aliphatic carbocycles. The zero-order valence-electron chi connectivity index (χ0n) is 11.1. The molecular formula is C13H21NO3S. The van der Waals surface area contributed by atoms with E-state index in [1.807, 2.05) is 19.9 Å². The normalized spacial score (nSPS) is 13.5. The first-order valence-corrected chi connectivity index (χ1v) is 7.99. The molecule has 102 valence electrons. The van der Waals surface area contributed by atoms with E-state index >= 15 is 0 Å². The lowest BCUT2D eigenvalue weighted by Crippen LogP contribution is -2.25. The molecule has 0 amide bonds. The molecule has 0 saturated heterocycles. The number of benzene rings is 1. The summed E-state index contributed by atoms with van der Waals surface area (Å²) in [5.41, 5.74) is 0.938. The van der Waals surface area contributed by atoms with Crippen molar-refractivity contribution in [2.75, 3.05) is 26.0 Å². The predicted molar refractivity (Wildman–Crippen MR) is 72.5 cm³/mol. The van der Waals surface area contributed by atoms with Gasteiger partial charge in [0.1, 0.15) is 0 Å². The van der Waals surface area contributed by atoms with Crippen molar-refractivity contribution < 1.29 is 13.2 Å². The highest BCUT2D eigenvalue weighted by atomic mass is 32.2. The van der Waals surface area contributed by atoms with Crippen molar-refractivity contribution in [2.45, 2.75) is 24.8 Å². The van der Waals surface area contributed by atoms with Crippen LogP contribution in [0.4, 0.5) is 0 Å². The van der Waals surface area contributed by atoms with Crippen LogP contribution in [-0.4, -0.2) is 34.4 Å². The Hall–Kier alpha value is -0.910. The number of ether oxygens (including phenoxy) is 1. The quantitative estimate of drug-likeness (QED) is 0.821. The van der Waals surface area contributed by atoms with Gasteiger partial charge in [-0.05, 0) is 31.2 Å². The molecule has 0 aliphatic rings. The van der Waals surface area contributed by atoms with Gasteiger partial charge in [0.25, 0.3) is 0 Å². The van der Waals surface area contributed by atoms with Crippen LogP contribution in [0.3, 0.4) is 0 Å². The molecule has 0 bridgehead atoms. The molecule has 1 aromatic rings. The van der Waals surface area contributed by atoms with E-state index in [0.29, 0.717) is 18.1 Å².